The molecule has 4 rings (SSSR count). The number of carboxylic acid groups (broad SMARTS) is 1. The van der Waals surface area contributed by atoms with E-state index in [4.69, 9.17) is 5.26 Å². The van der Waals surface area contributed by atoms with E-state index in [0.717, 1.165) is 35.2 Å². The summed E-state index contributed by atoms with van der Waals surface area (Å²) in [7, 11) is -4.04. The molecule has 2 unspecified atom stereocenters. The summed E-state index contributed by atoms with van der Waals surface area (Å²) in [4.78, 5) is 12.1. The maximum absolute atomic E-state index is 13.1. The van der Waals surface area contributed by atoms with E-state index in [1.807, 2.05) is 49.5 Å². The number of nitriles is 1. The van der Waals surface area contributed by atoms with Crippen LogP contribution in [0.2, 0.25) is 0 Å². The first-order chi connectivity index (χ1) is 18.6. The van der Waals surface area contributed by atoms with E-state index in [1.54, 1.807) is 38.1 Å². The summed E-state index contributed by atoms with van der Waals surface area (Å²) >= 11 is 0. The van der Waals surface area contributed by atoms with Crippen molar-refractivity contribution in [3.8, 4) is 17.3 Å². The van der Waals surface area contributed by atoms with E-state index in [0.29, 0.717) is 22.7 Å². The molecule has 0 spiro atoms. The Morgan fingerprint density at radius 3 is 2.28 bits per heavy atom. The van der Waals surface area contributed by atoms with Gasteiger partial charge in [-0.2, -0.15) is 9.98 Å². The summed E-state index contributed by atoms with van der Waals surface area (Å²) in [6, 6.07) is 17.7. The van der Waals surface area contributed by atoms with Crippen LogP contribution in [0.3, 0.4) is 0 Å². The third kappa shape index (κ3) is 7.35. The largest absolute Gasteiger partial charge is 0.480 e. The molecular weight excluding hydrogens is 514 g/mol. The van der Waals surface area contributed by atoms with Gasteiger partial charge < -0.3 is 10.4 Å². The summed E-state index contributed by atoms with van der Waals surface area (Å²) < 4.78 is 28.7. The Bertz CT molecular complexity index is 1470. The van der Waals surface area contributed by atoms with Crippen LogP contribution < -0.4 is 20.7 Å². The van der Waals surface area contributed by atoms with Gasteiger partial charge in [-0.15, -0.1) is 0 Å². The number of anilines is 1. The maximum Gasteiger partial charge on any atom is 0.322 e. The highest BCUT2D eigenvalue weighted by Crippen LogP contribution is 2.25. The molecule has 1 fully saturated rings. The number of carbonyl (C=O) groups is 1. The standard InChI is InChI=1S/C29H33N5O4S/c1-18-13-19(2)27(20(3)14-18)39(37,38)34-26(28(35)36)15-21-7-9-22(10-8-21)23-5-4-6-25(16-23)33-29(31-17-30)32-24-11-12-24/h4-10,13-14,16,24,26,29,31-34H,11-12,15H2,1-3H3,(H,35,36). The highest BCUT2D eigenvalue weighted by molar-refractivity contribution is 7.89. The fourth-order valence-corrected chi connectivity index (χ4v) is 6.35. The van der Waals surface area contributed by atoms with E-state index < -0.39 is 22.0 Å². The van der Waals surface area contributed by atoms with Gasteiger partial charge in [-0.1, -0.05) is 54.1 Å². The lowest BCUT2D eigenvalue weighted by atomic mass is 10.0. The first kappa shape index (κ1) is 28.1. The fraction of sp³-hybridized carbons (Fsp3) is 0.310. The van der Waals surface area contributed by atoms with Crippen LogP contribution in [-0.4, -0.2) is 37.9 Å². The Morgan fingerprint density at radius 2 is 1.69 bits per heavy atom. The lowest BCUT2D eigenvalue weighted by Gasteiger charge is -2.20. The van der Waals surface area contributed by atoms with Crippen molar-refractivity contribution < 1.29 is 18.3 Å². The van der Waals surface area contributed by atoms with Gasteiger partial charge in [0.2, 0.25) is 10.0 Å². The van der Waals surface area contributed by atoms with Crippen molar-refractivity contribution in [2.45, 2.75) is 63.3 Å². The van der Waals surface area contributed by atoms with Gasteiger partial charge in [-0.05, 0) is 80.0 Å². The van der Waals surface area contributed by atoms with Crippen molar-refractivity contribution in [3.63, 3.8) is 0 Å². The molecule has 1 aliphatic rings. The summed E-state index contributed by atoms with van der Waals surface area (Å²) in [6.07, 6.45) is 3.77. The molecule has 0 amide bonds. The molecule has 39 heavy (non-hydrogen) atoms. The molecule has 9 nitrogen and oxygen atoms in total. The summed E-state index contributed by atoms with van der Waals surface area (Å²) in [5.41, 5.74) is 5.46. The van der Waals surface area contributed by atoms with Gasteiger partial charge in [-0.25, -0.2) is 8.42 Å². The molecule has 0 heterocycles. The zero-order valence-corrected chi connectivity index (χ0v) is 23.0. The summed E-state index contributed by atoms with van der Waals surface area (Å²) in [5.74, 6) is -1.25. The van der Waals surface area contributed by atoms with Crippen LogP contribution in [0.25, 0.3) is 11.1 Å². The van der Waals surface area contributed by atoms with Gasteiger partial charge in [0, 0.05) is 11.7 Å². The van der Waals surface area contributed by atoms with Crippen LogP contribution in [-0.2, 0) is 21.2 Å². The van der Waals surface area contributed by atoms with Gasteiger partial charge >= 0.3 is 5.97 Å². The molecule has 0 bridgehead atoms. The number of aryl methyl sites for hydroxylation is 3. The number of nitrogens with one attached hydrogen (secondary N) is 4. The highest BCUT2D eigenvalue weighted by atomic mass is 32.2. The number of sulfonamides is 1. The van der Waals surface area contributed by atoms with Crippen molar-refractivity contribution in [2.75, 3.05) is 5.32 Å². The molecule has 3 aromatic carbocycles. The third-order valence-corrected chi connectivity index (χ3v) is 8.33. The molecule has 3 aromatic rings. The number of hydrogen-bond donors (Lipinski definition) is 5. The smallest absolute Gasteiger partial charge is 0.322 e. The molecule has 204 valence electrons. The minimum absolute atomic E-state index is 0.00522. The minimum Gasteiger partial charge on any atom is -0.480 e. The number of rotatable bonds is 12. The predicted octanol–water partition coefficient (Wildman–Crippen LogP) is 3.77. The predicted molar refractivity (Wildman–Crippen MR) is 150 cm³/mol. The zero-order chi connectivity index (χ0) is 28.2. The number of carboxylic acids is 1. The topological polar surface area (TPSA) is 143 Å². The summed E-state index contributed by atoms with van der Waals surface area (Å²) in [5, 5.41) is 28.2. The first-order valence-corrected chi connectivity index (χ1v) is 14.2. The van der Waals surface area contributed by atoms with E-state index in [2.05, 4.69) is 20.7 Å². The lowest BCUT2D eigenvalue weighted by Crippen LogP contribution is -2.47. The van der Waals surface area contributed by atoms with Crippen LogP contribution in [0, 0.1) is 32.2 Å². The molecular formula is C29H33N5O4S. The van der Waals surface area contributed by atoms with Gasteiger partial charge in [0.15, 0.2) is 12.5 Å². The molecule has 0 aromatic heterocycles. The van der Waals surface area contributed by atoms with Gasteiger partial charge in [0.25, 0.3) is 0 Å². The van der Waals surface area contributed by atoms with Gasteiger partial charge in [0.1, 0.15) is 6.04 Å². The number of benzene rings is 3. The van der Waals surface area contributed by atoms with E-state index >= 15 is 0 Å². The Balaban J connectivity index is 1.47. The molecule has 0 saturated heterocycles. The van der Waals surface area contributed by atoms with Crippen LogP contribution >= 0.6 is 0 Å². The Hall–Kier alpha value is -3.91. The van der Waals surface area contributed by atoms with Crippen molar-refractivity contribution in [1.29, 1.82) is 5.26 Å². The number of hydrogen-bond acceptors (Lipinski definition) is 7. The molecule has 10 heteroatoms. The molecule has 1 aliphatic carbocycles. The van der Waals surface area contributed by atoms with Crippen molar-refractivity contribution in [3.05, 3.63) is 82.9 Å². The Labute approximate surface area is 229 Å². The summed E-state index contributed by atoms with van der Waals surface area (Å²) in [6.45, 7) is 5.30. The third-order valence-electron chi connectivity index (χ3n) is 6.56. The minimum atomic E-state index is -4.04. The second-order valence-corrected chi connectivity index (χ2v) is 11.6. The average molecular weight is 548 g/mol. The van der Waals surface area contributed by atoms with Crippen LogP contribution in [0.1, 0.15) is 35.1 Å². The lowest BCUT2D eigenvalue weighted by molar-refractivity contribution is -0.138. The van der Waals surface area contributed by atoms with E-state index in [-0.39, 0.29) is 17.6 Å². The first-order valence-electron chi connectivity index (χ1n) is 12.8. The van der Waals surface area contributed by atoms with Crippen LogP contribution in [0.4, 0.5) is 5.69 Å². The van der Waals surface area contributed by atoms with Gasteiger partial charge in [-0.3, -0.25) is 15.4 Å². The molecule has 2 atom stereocenters. The normalized spacial score (nSPS) is 14.7. The van der Waals surface area contributed by atoms with Crippen LogP contribution in [0.15, 0.2) is 65.6 Å². The van der Waals surface area contributed by atoms with Crippen molar-refractivity contribution in [1.82, 2.24) is 15.4 Å². The van der Waals surface area contributed by atoms with Gasteiger partial charge in [0.05, 0.1) is 4.90 Å². The van der Waals surface area contributed by atoms with Crippen molar-refractivity contribution >= 4 is 21.7 Å². The molecule has 0 aliphatic heterocycles. The number of aliphatic carboxylic acids is 1. The van der Waals surface area contributed by atoms with E-state index in [9.17, 15) is 18.3 Å². The molecule has 0 radical (unpaired) electrons. The second kappa shape index (κ2) is 11.9. The second-order valence-electron chi connectivity index (χ2n) is 10.00. The Kier molecular flexibility index (Phi) is 8.55. The SMILES string of the molecule is Cc1cc(C)c(S(=O)(=O)NC(Cc2ccc(-c3cccc(NC(NC#N)NC4CC4)c3)cc2)C(=O)O)c(C)c1. The Morgan fingerprint density at radius 1 is 1.03 bits per heavy atom. The zero-order valence-electron chi connectivity index (χ0n) is 22.2. The monoisotopic (exact) mass is 547 g/mol. The number of nitrogens with zero attached hydrogens (tertiary/aromatic N) is 1. The highest BCUT2D eigenvalue weighted by Gasteiger charge is 2.28. The fourth-order valence-electron chi connectivity index (χ4n) is 4.71. The maximum atomic E-state index is 13.1. The molecule has 1 saturated carbocycles. The van der Waals surface area contributed by atoms with E-state index in [1.165, 1.54) is 0 Å². The van der Waals surface area contributed by atoms with Crippen LogP contribution in [0.5, 0.6) is 0 Å². The van der Waals surface area contributed by atoms with Crippen molar-refractivity contribution in [2.24, 2.45) is 0 Å². The average Bonchev–Trinajstić information content (AvgIpc) is 3.67. The quantitative estimate of drug-likeness (QED) is 0.131. The molecule has 5 N–H and O–H groups in total.